The lowest BCUT2D eigenvalue weighted by Gasteiger charge is -1.98. The first-order chi connectivity index (χ1) is 5.77. The average molecular weight is 183 g/mol. The van der Waals surface area contributed by atoms with Crippen molar-refractivity contribution in [3.05, 3.63) is 23.9 Å². The van der Waals surface area contributed by atoms with Crippen LogP contribution >= 0.6 is 11.8 Å². The molecular formula is C8H9NO2S. The number of ether oxygens (including phenoxy) is 1. The summed E-state index contributed by atoms with van der Waals surface area (Å²) in [6, 6.07) is 3.49. The Morgan fingerprint density at radius 1 is 1.58 bits per heavy atom. The highest BCUT2D eigenvalue weighted by Gasteiger charge is 2.04. The molecule has 0 atom stereocenters. The second kappa shape index (κ2) is 4.11. The van der Waals surface area contributed by atoms with Crippen molar-refractivity contribution in [1.82, 2.24) is 4.98 Å². The zero-order chi connectivity index (χ0) is 8.97. The van der Waals surface area contributed by atoms with Gasteiger partial charge in [-0.2, -0.15) is 0 Å². The van der Waals surface area contributed by atoms with Gasteiger partial charge in [-0.1, -0.05) is 0 Å². The highest BCUT2D eigenvalue weighted by molar-refractivity contribution is 7.98. The fraction of sp³-hybridized carbons (Fsp3) is 0.250. The van der Waals surface area contributed by atoms with Gasteiger partial charge in [-0.15, -0.1) is 11.8 Å². The molecule has 64 valence electrons. The number of hydrogen-bond donors (Lipinski definition) is 0. The molecule has 12 heavy (non-hydrogen) atoms. The second-order valence-electron chi connectivity index (χ2n) is 2.08. The minimum Gasteiger partial charge on any atom is -0.465 e. The van der Waals surface area contributed by atoms with E-state index in [1.165, 1.54) is 25.1 Å². The van der Waals surface area contributed by atoms with Gasteiger partial charge in [0.05, 0.1) is 17.7 Å². The molecular weight excluding hydrogens is 174 g/mol. The third-order valence-electron chi connectivity index (χ3n) is 1.37. The number of aromatic nitrogens is 1. The summed E-state index contributed by atoms with van der Waals surface area (Å²) >= 11 is 1.53. The van der Waals surface area contributed by atoms with Gasteiger partial charge in [-0.05, 0) is 18.4 Å². The number of carbonyl (C=O) groups excluding carboxylic acids is 1. The van der Waals surface area contributed by atoms with Crippen molar-refractivity contribution in [1.29, 1.82) is 0 Å². The van der Waals surface area contributed by atoms with Gasteiger partial charge in [0.25, 0.3) is 0 Å². The van der Waals surface area contributed by atoms with Crippen LogP contribution in [0.25, 0.3) is 0 Å². The molecule has 0 unspecified atom stereocenters. The maximum Gasteiger partial charge on any atom is 0.339 e. The van der Waals surface area contributed by atoms with Gasteiger partial charge in [0, 0.05) is 6.20 Å². The van der Waals surface area contributed by atoms with Crippen LogP contribution < -0.4 is 0 Å². The maximum atomic E-state index is 10.9. The zero-order valence-corrected chi connectivity index (χ0v) is 7.72. The lowest BCUT2D eigenvalue weighted by Crippen LogP contribution is -2.01. The highest BCUT2D eigenvalue weighted by atomic mass is 32.2. The van der Waals surface area contributed by atoms with E-state index < -0.39 is 0 Å². The van der Waals surface area contributed by atoms with Crippen LogP contribution in [-0.4, -0.2) is 24.3 Å². The molecule has 1 aromatic heterocycles. The van der Waals surface area contributed by atoms with E-state index in [1.807, 2.05) is 6.26 Å². The number of pyridine rings is 1. The molecule has 0 aliphatic heterocycles. The molecule has 0 bridgehead atoms. The molecule has 0 saturated heterocycles. The summed E-state index contributed by atoms with van der Waals surface area (Å²) in [5.41, 5.74) is 0.482. The van der Waals surface area contributed by atoms with Crippen LogP contribution in [0.3, 0.4) is 0 Å². The molecule has 0 aliphatic rings. The van der Waals surface area contributed by atoms with Crippen molar-refractivity contribution in [2.24, 2.45) is 0 Å². The fourth-order valence-electron chi connectivity index (χ4n) is 0.740. The maximum absolute atomic E-state index is 10.9. The number of hydrogen-bond acceptors (Lipinski definition) is 4. The van der Waals surface area contributed by atoms with Crippen LogP contribution in [0.4, 0.5) is 0 Å². The molecule has 0 saturated carbocycles. The SMILES string of the molecule is COC(=O)c1ccc(SC)nc1. The van der Waals surface area contributed by atoms with Gasteiger partial charge in [-0.3, -0.25) is 0 Å². The van der Waals surface area contributed by atoms with Crippen LogP contribution in [0.15, 0.2) is 23.4 Å². The van der Waals surface area contributed by atoms with Crippen LogP contribution in [0.1, 0.15) is 10.4 Å². The van der Waals surface area contributed by atoms with Crippen molar-refractivity contribution in [3.63, 3.8) is 0 Å². The summed E-state index contributed by atoms with van der Waals surface area (Å²) in [5.74, 6) is -0.352. The van der Waals surface area contributed by atoms with E-state index in [0.717, 1.165) is 5.03 Å². The Morgan fingerprint density at radius 2 is 2.33 bits per heavy atom. The van der Waals surface area contributed by atoms with E-state index in [-0.39, 0.29) is 5.97 Å². The smallest absolute Gasteiger partial charge is 0.339 e. The van der Waals surface area contributed by atoms with E-state index in [4.69, 9.17) is 0 Å². The lowest BCUT2D eigenvalue weighted by molar-refractivity contribution is 0.0600. The van der Waals surface area contributed by atoms with Gasteiger partial charge in [0.1, 0.15) is 0 Å². The van der Waals surface area contributed by atoms with E-state index in [2.05, 4.69) is 9.72 Å². The summed E-state index contributed by atoms with van der Waals surface area (Å²) in [5, 5.41) is 0.891. The molecule has 3 nitrogen and oxygen atoms in total. The third kappa shape index (κ3) is 1.98. The Balaban J connectivity index is 2.84. The molecule has 1 aromatic rings. The molecule has 0 amide bonds. The molecule has 1 heterocycles. The second-order valence-corrected chi connectivity index (χ2v) is 2.91. The van der Waals surface area contributed by atoms with Crippen LogP contribution in [0.5, 0.6) is 0 Å². The summed E-state index contributed by atoms with van der Waals surface area (Å²) in [4.78, 5) is 15.0. The predicted molar refractivity (Wildman–Crippen MR) is 47.4 cm³/mol. The Labute approximate surface area is 75.1 Å². The largest absolute Gasteiger partial charge is 0.465 e. The molecule has 0 aliphatic carbocycles. The Morgan fingerprint density at radius 3 is 2.75 bits per heavy atom. The lowest BCUT2D eigenvalue weighted by atomic mass is 10.3. The number of methoxy groups -OCH3 is 1. The summed E-state index contributed by atoms with van der Waals surface area (Å²) in [7, 11) is 1.35. The fourth-order valence-corrected chi connectivity index (χ4v) is 1.10. The van der Waals surface area contributed by atoms with Crippen LogP contribution in [0.2, 0.25) is 0 Å². The summed E-state index contributed by atoms with van der Waals surface area (Å²) in [6.07, 6.45) is 3.44. The quantitative estimate of drug-likeness (QED) is 0.515. The Kier molecular flexibility index (Phi) is 3.10. The van der Waals surface area contributed by atoms with Gasteiger partial charge in [0.2, 0.25) is 0 Å². The van der Waals surface area contributed by atoms with E-state index in [0.29, 0.717) is 5.56 Å². The van der Waals surface area contributed by atoms with Crippen LogP contribution in [0, 0.1) is 0 Å². The monoisotopic (exact) mass is 183 g/mol. The topological polar surface area (TPSA) is 39.2 Å². The number of carbonyl (C=O) groups is 1. The third-order valence-corrected chi connectivity index (χ3v) is 2.03. The van der Waals surface area contributed by atoms with E-state index in [9.17, 15) is 4.79 Å². The van der Waals surface area contributed by atoms with Crippen LogP contribution in [-0.2, 0) is 4.74 Å². The van der Waals surface area contributed by atoms with Crippen molar-refractivity contribution in [2.45, 2.75) is 5.03 Å². The molecule has 4 heteroatoms. The van der Waals surface area contributed by atoms with Gasteiger partial charge < -0.3 is 4.74 Å². The van der Waals surface area contributed by atoms with E-state index >= 15 is 0 Å². The minimum absolute atomic E-state index is 0.352. The van der Waals surface area contributed by atoms with Crippen molar-refractivity contribution in [2.75, 3.05) is 13.4 Å². The van der Waals surface area contributed by atoms with Gasteiger partial charge >= 0.3 is 5.97 Å². The predicted octanol–water partition coefficient (Wildman–Crippen LogP) is 1.59. The molecule has 0 N–H and O–H groups in total. The van der Waals surface area contributed by atoms with Gasteiger partial charge in [0.15, 0.2) is 0 Å². The van der Waals surface area contributed by atoms with Crippen molar-refractivity contribution in [3.8, 4) is 0 Å². The first-order valence-electron chi connectivity index (χ1n) is 3.36. The zero-order valence-electron chi connectivity index (χ0n) is 6.90. The normalized spacial score (nSPS) is 9.50. The molecule has 0 spiro atoms. The van der Waals surface area contributed by atoms with Gasteiger partial charge in [-0.25, -0.2) is 9.78 Å². The highest BCUT2D eigenvalue weighted by Crippen LogP contribution is 2.11. The van der Waals surface area contributed by atoms with Crippen molar-refractivity contribution < 1.29 is 9.53 Å². The summed E-state index contributed by atoms with van der Waals surface area (Å²) < 4.78 is 4.52. The number of thioether (sulfide) groups is 1. The first kappa shape index (κ1) is 9.06. The number of nitrogens with zero attached hydrogens (tertiary/aromatic N) is 1. The number of rotatable bonds is 2. The standard InChI is InChI=1S/C8H9NO2S/c1-11-8(10)6-3-4-7(12-2)9-5-6/h3-5H,1-2H3. The molecule has 0 radical (unpaired) electrons. The molecule has 0 fully saturated rings. The molecule has 1 rings (SSSR count). The summed E-state index contributed by atoms with van der Waals surface area (Å²) in [6.45, 7) is 0. The minimum atomic E-state index is -0.352. The first-order valence-corrected chi connectivity index (χ1v) is 4.58. The van der Waals surface area contributed by atoms with E-state index in [1.54, 1.807) is 12.1 Å². The Hall–Kier alpha value is -1.03. The number of esters is 1. The molecule has 0 aromatic carbocycles. The Bertz CT molecular complexity index is 271. The van der Waals surface area contributed by atoms with Crippen molar-refractivity contribution >= 4 is 17.7 Å². The average Bonchev–Trinajstić information content (AvgIpc) is 2.17.